The molecule has 1 aromatic heterocycles. The monoisotopic (exact) mass is 281 g/mol. The highest BCUT2D eigenvalue weighted by Gasteiger charge is 2.22. The van der Waals surface area contributed by atoms with Crippen LogP contribution in [0.3, 0.4) is 0 Å². The van der Waals surface area contributed by atoms with E-state index in [1.54, 1.807) is 6.20 Å². The molecule has 0 amide bonds. The lowest BCUT2D eigenvalue weighted by Gasteiger charge is -2.28. The summed E-state index contributed by atoms with van der Waals surface area (Å²) in [5.74, 6) is 0.716. The van der Waals surface area contributed by atoms with Gasteiger partial charge in [-0.05, 0) is 37.1 Å². The topological polar surface area (TPSA) is 28.2 Å². The second kappa shape index (κ2) is 7.22. The number of halogens is 1. The Balaban J connectivity index is 2.01. The molecule has 2 heterocycles. The molecule has 1 N–H and O–H groups in total. The van der Waals surface area contributed by atoms with Gasteiger partial charge in [0.15, 0.2) is 0 Å². The standard InChI is InChI=1S/C15H24ClN3/c1-3-12(2)15-11-19(8-4-6-18-15)10-13-5-7-17-9-14(13)16/h5,7,9,12,15,18H,3-4,6,8,10-11H2,1-2H3. The molecule has 0 aromatic carbocycles. The van der Waals surface area contributed by atoms with Gasteiger partial charge in [-0.25, -0.2) is 0 Å². The minimum absolute atomic E-state index is 0.591. The highest BCUT2D eigenvalue weighted by molar-refractivity contribution is 6.31. The maximum absolute atomic E-state index is 6.21. The second-order valence-corrected chi connectivity index (χ2v) is 5.91. The van der Waals surface area contributed by atoms with Crippen LogP contribution < -0.4 is 5.32 Å². The lowest BCUT2D eigenvalue weighted by Crippen LogP contribution is -2.41. The highest BCUT2D eigenvalue weighted by atomic mass is 35.5. The molecule has 2 unspecified atom stereocenters. The first-order valence-electron chi connectivity index (χ1n) is 7.24. The van der Waals surface area contributed by atoms with Crippen LogP contribution in [0.4, 0.5) is 0 Å². The number of hydrogen-bond donors (Lipinski definition) is 1. The molecule has 1 aromatic rings. The fourth-order valence-electron chi connectivity index (χ4n) is 2.61. The Morgan fingerprint density at radius 3 is 3.16 bits per heavy atom. The van der Waals surface area contributed by atoms with Gasteiger partial charge in [-0.1, -0.05) is 31.9 Å². The van der Waals surface area contributed by atoms with Crippen LogP contribution in [0.1, 0.15) is 32.3 Å². The fraction of sp³-hybridized carbons (Fsp3) is 0.667. The van der Waals surface area contributed by atoms with Crippen LogP contribution in [0.5, 0.6) is 0 Å². The SMILES string of the molecule is CCC(C)C1CN(Cc2ccncc2Cl)CCCN1. The minimum Gasteiger partial charge on any atom is -0.312 e. The highest BCUT2D eigenvalue weighted by Crippen LogP contribution is 2.18. The van der Waals surface area contributed by atoms with Crippen molar-refractivity contribution in [2.24, 2.45) is 5.92 Å². The molecule has 2 atom stereocenters. The first-order valence-corrected chi connectivity index (χ1v) is 7.62. The quantitative estimate of drug-likeness (QED) is 0.920. The van der Waals surface area contributed by atoms with E-state index in [2.05, 4.69) is 29.0 Å². The molecule has 0 spiro atoms. The van der Waals surface area contributed by atoms with Gasteiger partial charge in [0.05, 0.1) is 5.02 Å². The van der Waals surface area contributed by atoms with Crippen molar-refractivity contribution < 1.29 is 0 Å². The first kappa shape index (κ1) is 14.8. The number of aromatic nitrogens is 1. The average Bonchev–Trinajstić information content (AvgIpc) is 2.66. The van der Waals surface area contributed by atoms with Gasteiger partial charge in [0, 0.05) is 31.5 Å². The lowest BCUT2D eigenvalue weighted by molar-refractivity contribution is 0.231. The van der Waals surface area contributed by atoms with Crippen molar-refractivity contribution in [3.8, 4) is 0 Å². The van der Waals surface area contributed by atoms with Gasteiger partial charge in [-0.2, -0.15) is 0 Å². The minimum atomic E-state index is 0.591. The molecule has 1 aliphatic heterocycles. The number of hydrogen-bond acceptors (Lipinski definition) is 3. The number of nitrogens with zero attached hydrogens (tertiary/aromatic N) is 2. The summed E-state index contributed by atoms with van der Waals surface area (Å²) in [5.41, 5.74) is 1.18. The van der Waals surface area contributed by atoms with Crippen LogP contribution >= 0.6 is 11.6 Å². The molecule has 2 rings (SSSR count). The van der Waals surface area contributed by atoms with Crippen molar-refractivity contribution in [3.63, 3.8) is 0 Å². The molecule has 1 fully saturated rings. The summed E-state index contributed by atoms with van der Waals surface area (Å²) in [4.78, 5) is 6.56. The van der Waals surface area contributed by atoms with E-state index < -0.39 is 0 Å². The Morgan fingerprint density at radius 2 is 2.42 bits per heavy atom. The molecule has 0 radical (unpaired) electrons. The van der Waals surface area contributed by atoms with Gasteiger partial charge in [-0.15, -0.1) is 0 Å². The van der Waals surface area contributed by atoms with E-state index in [-0.39, 0.29) is 0 Å². The van der Waals surface area contributed by atoms with Crippen molar-refractivity contribution in [3.05, 3.63) is 29.0 Å². The molecule has 106 valence electrons. The molecule has 0 saturated carbocycles. The molecule has 4 heteroatoms. The maximum Gasteiger partial charge on any atom is 0.0634 e. The van der Waals surface area contributed by atoms with Crippen LogP contribution in [0.15, 0.2) is 18.5 Å². The van der Waals surface area contributed by atoms with Crippen LogP contribution in [-0.2, 0) is 6.54 Å². The summed E-state index contributed by atoms with van der Waals surface area (Å²) in [6.07, 6.45) is 5.99. The normalized spacial score (nSPS) is 23.0. The Bertz CT molecular complexity index is 397. The summed E-state index contributed by atoms with van der Waals surface area (Å²) in [6.45, 7) is 8.89. The van der Waals surface area contributed by atoms with E-state index >= 15 is 0 Å². The van der Waals surface area contributed by atoms with E-state index in [9.17, 15) is 0 Å². The maximum atomic E-state index is 6.21. The van der Waals surface area contributed by atoms with Crippen LogP contribution in [0.25, 0.3) is 0 Å². The largest absolute Gasteiger partial charge is 0.312 e. The van der Waals surface area contributed by atoms with E-state index in [1.165, 1.54) is 18.4 Å². The zero-order valence-corrected chi connectivity index (χ0v) is 12.7. The van der Waals surface area contributed by atoms with Crippen molar-refractivity contribution >= 4 is 11.6 Å². The van der Waals surface area contributed by atoms with E-state index in [0.29, 0.717) is 12.0 Å². The van der Waals surface area contributed by atoms with E-state index in [0.717, 1.165) is 31.2 Å². The van der Waals surface area contributed by atoms with Gasteiger partial charge in [0.25, 0.3) is 0 Å². The van der Waals surface area contributed by atoms with Crippen LogP contribution in [0, 0.1) is 5.92 Å². The smallest absolute Gasteiger partial charge is 0.0634 e. The molecular weight excluding hydrogens is 258 g/mol. The second-order valence-electron chi connectivity index (χ2n) is 5.50. The molecular formula is C15H24ClN3. The Hall–Kier alpha value is -0.640. The summed E-state index contributed by atoms with van der Waals surface area (Å²) < 4.78 is 0. The predicted octanol–water partition coefficient (Wildman–Crippen LogP) is 2.95. The van der Waals surface area contributed by atoms with Gasteiger partial charge < -0.3 is 5.32 Å². The zero-order chi connectivity index (χ0) is 13.7. The number of pyridine rings is 1. The van der Waals surface area contributed by atoms with Gasteiger partial charge in [-0.3, -0.25) is 9.88 Å². The molecule has 0 aliphatic carbocycles. The fourth-order valence-corrected chi connectivity index (χ4v) is 2.79. The van der Waals surface area contributed by atoms with Crippen molar-refractivity contribution in [2.45, 2.75) is 39.3 Å². The Labute approximate surface area is 121 Å². The summed E-state index contributed by atoms with van der Waals surface area (Å²) in [5, 5.41) is 4.45. The zero-order valence-electron chi connectivity index (χ0n) is 11.9. The van der Waals surface area contributed by atoms with E-state index in [1.807, 2.05) is 12.3 Å². The summed E-state index contributed by atoms with van der Waals surface area (Å²) >= 11 is 6.21. The Morgan fingerprint density at radius 1 is 1.58 bits per heavy atom. The van der Waals surface area contributed by atoms with Gasteiger partial charge in [0.2, 0.25) is 0 Å². The van der Waals surface area contributed by atoms with Crippen molar-refractivity contribution in [2.75, 3.05) is 19.6 Å². The molecule has 1 saturated heterocycles. The third-order valence-corrected chi connectivity index (χ3v) is 4.43. The third-order valence-electron chi connectivity index (χ3n) is 4.09. The van der Waals surface area contributed by atoms with E-state index in [4.69, 9.17) is 11.6 Å². The number of nitrogens with one attached hydrogen (secondary N) is 1. The van der Waals surface area contributed by atoms with Gasteiger partial charge >= 0.3 is 0 Å². The third kappa shape index (κ3) is 4.16. The predicted molar refractivity (Wildman–Crippen MR) is 80.4 cm³/mol. The first-order chi connectivity index (χ1) is 9.20. The summed E-state index contributed by atoms with van der Waals surface area (Å²) in [7, 11) is 0. The summed E-state index contributed by atoms with van der Waals surface area (Å²) in [6, 6.07) is 2.62. The number of rotatable bonds is 4. The average molecular weight is 282 g/mol. The molecule has 19 heavy (non-hydrogen) atoms. The molecule has 1 aliphatic rings. The van der Waals surface area contributed by atoms with Gasteiger partial charge in [0.1, 0.15) is 0 Å². The lowest BCUT2D eigenvalue weighted by atomic mass is 9.99. The molecule has 3 nitrogen and oxygen atoms in total. The van der Waals surface area contributed by atoms with Crippen LogP contribution in [0.2, 0.25) is 5.02 Å². The van der Waals surface area contributed by atoms with Crippen molar-refractivity contribution in [1.29, 1.82) is 0 Å². The van der Waals surface area contributed by atoms with Crippen molar-refractivity contribution in [1.82, 2.24) is 15.2 Å². The van der Waals surface area contributed by atoms with Crippen LogP contribution in [-0.4, -0.2) is 35.6 Å². The molecule has 0 bridgehead atoms. The Kier molecular flexibility index (Phi) is 5.61.